The van der Waals surface area contributed by atoms with Crippen LogP contribution in [0.3, 0.4) is 0 Å². The third kappa shape index (κ3) is 3.75. The zero-order chi connectivity index (χ0) is 20.4. The number of rotatable bonds is 6. The van der Waals surface area contributed by atoms with Gasteiger partial charge < -0.3 is 9.47 Å². The van der Waals surface area contributed by atoms with Gasteiger partial charge in [0.1, 0.15) is 11.5 Å². The van der Waals surface area contributed by atoms with Gasteiger partial charge in [-0.25, -0.2) is 4.90 Å². The van der Waals surface area contributed by atoms with Crippen LogP contribution in [0.4, 0.5) is 5.69 Å². The first-order chi connectivity index (χ1) is 13.4. The van der Waals surface area contributed by atoms with E-state index in [1.54, 1.807) is 49.6 Å². The van der Waals surface area contributed by atoms with Crippen molar-refractivity contribution >= 4 is 46.4 Å². The molecule has 1 aliphatic heterocycles. The molecule has 0 atom stereocenters. The SMILES string of the molecule is COc1ccc(C2=C(SC(C)C)C(=O)N(c3cc(Cl)ccc3OC)C2=O)cc1. The summed E-state index contributed by atoms with van der Waals surface area (Å²) in [5, 5.41) is 0.536. The molecule has 0 N–H and O–H groups in total. The fourth-order valence-corrected chi connectivity index (χ4v) is 4.08. The van der Waals surface area contributed by atoms with Crippen LogP contribution in [-0.4, -0.2) is 31.3 Å². The maximum atomic E-state index is 13.3. The number of hydrogen-bond acceptors (Lipinski definition) is 5. The number of methoxy groups -OCH3 is 2. The molecule has 1 heterocycles. The minimum atomic E-state index is -0.404. The molecule has 1 aliphatic rings. The molecule has 0 saturated heterocycles. The Morgan fingerprint density at radius 2 is 1.64 bits per heavy atom. The van der Waals surface area contributed by atoms with E-state index in [9.17, 15) is 9.59 Å². The molecule has 2 amide bonds. The number of thioether (sulfide) groups is 1. The lowest BCUT2D eigenvalue weighted by Gasteiger charge is -2.18. The van der Waals surface area contributed by atoms with E-state index in [0.717, 1.165) is 4.90 Å². The third-order valence-electron chi connectivity index (χ3n) is 4.16. The van der Waals surface area contributed by atoms with Crippen molar-refractivity contribution in [3.63, 3.8) is 0 Å². The third-order valence-corrected chi connectivity index (χ3v) is 5.48. The van der Waals surface area contributed by atoms with Gasteiger partial charge in [-0.15, -0.1) is 11.8 Å². The molecular formula is C21H20ClNO4S. The molecule has 0 fully saturated rings. The molecule has 0 aliphatic carbocycles. The monoisotopic (exact) mass is 417 g/mol. The number of amides is 2. The lowest BCUT2D eigenvalue weighted by molar-refractivity contribution is -0.119. The molecule has 2 aromatic carbocycles. The van der Waals surface area contributed by atoms with Crippen molar-refractivity contribution in [2.75, 3.05) is 19.1 Å². The maximum Gasteiger partial charge on any atom is 0.272 e. The van der Waals surface area contributed by atoms with E-state index in [2.05, 4.69) is 0 Å². The molecule has 2 aromatic rings. The summed E-state index contributed by atoms with van der Waals surface area (Å²) in [6.45, 7) is 3.95. The predicted molar refractivity (Wildman–Crippen MR) is 113 cm³/mol. The van der Waals surface area contributed by atoms with Gasteiger partial charge in [0.25, 0.3) is 11.8 Å². The van der Waals surface area contributed by atoms with E-state index in [-0.39, 0.29) is 11.2 Å². The molecule has 28 heavy (non-hydrogen) atoms. The standard InChI is InChI=1S/C21H20ClNO4S/c1-12(2)28-19-18(13-5-8-15(26-3)9-6-13)20(24)23(21(19)25)16-11-14(22)7-10-17(16)27-4/h5-12H,1-4H3. The summed E-state index contributed by atoms with van der Waals surface area (Å²) in [7, 11) is 3.06. The maximum absolute atomic E-state index is 13.3. The summed E-state index contributed by atoms with van der Waals surface area (Å²) in [5.41, 5.74) is 1.36. The second kappa shape index (κ2) is 8.29. The second-order valence-corrected chi connectivity index (χ2v) is 8.38. The van der Waals surface area contributed by atoms with Crippen molar-refractivity contribution in [3.05, 3.63) is 58.0 Å². The molecule has 3 rings (SSSR count). The molecule has 0 radical (unpaired) electrons. The first-order valence-electron chi connectivity index (χ1n) is 8.65. The van der Waals surface area contributed by atoms with Gasteiger partial charge in [-0.2, -0.15) is 0 Å². The number of carbonyl (C=O) groups excluding carboxylic acids is 2. The number of anilines is 1. The Morgan fingerprint density at radius 1 is 0.964 bits per heavy atom. The van der Waals surface area contributed by atoms with Crippen LogP contribution < -0.4 is 14.4 Å². The molecule has 0 aromatic heterocycles. The minimum absolute atomic E-state index is 0.126. The Hall–Kier alpha value is -2.44. The number of carbonyl (C=O) groups is 2. The number of ether oxygens (including phenoxy) is 2. The highest BCUT2D eigenvalue weighted by Crippen LogP contribution is 2.43. The van der Waals surface area contributed by atoms with Gasteiger partial charge in [0, 0.05) is 10.3 Å². The Kier molecular flexibility index (Phi) is 6.01. The molecule has 0 unspecified atom stereocenters. The quantitative estimate of drug-likeness (QED) is 0.633. The van der Waals surface area contributed by atoms with Gasteiger partial charge in [0.2, 0.25) is 0 Å². The van der Waals surface area contributed by atoms with Crippen LogP contribution in [0.5, 0.6) is 11.5 Å². The van der Waals surface area contributed by atoms with Gasteiger partial charge in [-0.3, -0.25) is 9.59 Å². The molecule has 146 valence electrons. The van der Waals surface area contributed by atoms with Crippen molar-refractivity contribution in [1.82, 2.24) is 0 Å². The van der Waals surface area contributed by atoms with Crippen LogP contribution in [0.2, 0.25) is 5.02 Å². The number of nitrogens with zero attached hydrogens (tertiary/aromatic N) is 1. The number of imide groups is 1. The first-order valence-corrected chi connectivity index (χ1v) is 9.90. The highest BCUT2D eigenvalue weighted by Gasteiger charge is 2.41. The molecular weight excluding hydrogens is 398 g/mol. The van der Waals surface area contributed by atoms with Crippen LogP contribution in [-0.2, 0) is 9.59 Å². The highest BCUT2D eigenvalue weighted by molar-refractivity contribution is 8.04. The number of hydrogen-bond donors (Lipinski definition) is 0. The van der Waals surface area contributed by atoms with Crippen LogP contribution in [0.15, 0.2) is 47.4 Å². The summed E-state index contributed by atoms with van der Waals surface area (Å²) in [6, 6.07) is 11.9. The Balaban J connectivity index is 2.13. The molecule has 5 nitrogen and oxygen atoms in total. The summed E-state index contributed by atoms with van der Waals surface area (Å²) in [5.74, 6) is 0.289. The second-order valence-electron chi connectivity index (χ2n) is 6.36. The van der Waals surface area contributed by atoms with Gasteiger partial charge in [0.15, 0.2) is 0 Å². The molecule has 0 bridgehead atoms. The normalized spacial score (nSPS) is 14.3. The minimum Gasteiger partial charge on any atom is -0.497 e. The van der Waals surface area contributed by atoms with Crippen molar-refractivity contribution in [2.24, 2.45) is 0 Å². The summed E-state index contributed by atoms with van der Waals surface area (Å²) in [6.07, 6.45) is 0. The Bertz CT molecular complexity index is 953. The van der Waals surface area contributed by atoms with Gasteiger partial charge in [0.05, 0.1) is 30.4 Å². The zero-order valence-corrected chi connectivity index (χ0v) is 17.6. The fourth-order valence-electron chi connectivity index (χ4n) is 2.92. The molecule has 0 saturated carbocycles. The summed E-state index contributed by atoms with van der Waals surface area (Å²) < 4.78 is 10.5. The highest BCUT2D eigenvalue weighted by atomic mass is 35.5. The van der Waals surface area contributed by atoms with E-state index in [0.29, 0.717) is 38.3 Å². The van der Waals surface area contributed by atoms with Crippen molar-refractivity contribution in [3.8, 4) is 11.5 Å². The molecule has 0 spiro atoms. The van der Waals surface area contributed by atoms with E-state index in [1.165, 1.54) is 18.9 Å². The van der Waals surface area contributed by atoms with Gasteiger partial charge in [-0.1, -0.05) is 37.6 Å². The van der Waals surface area contributed by atoms with Crippen LogP contribution in [0.25, 0.3) is 5.57 Å². The average Bonchev–Trinajstić information content (AvgIpc) is 2.91. The van der Waals surface area contributed by atoms with Gasteiger partial charge >= 0.3 is 0 Å². The smallest absolute Gasteiger partial charge is 0.272 e. The van der Waals surface area contributed by atoms with Crippen LogP contribution in [0, 0.1) is 0 Å². The topological polar surface area (TPSA) is 55.8 Å². The Labute approximate surface area is 173 Å². The summed E-state index contributed by atoms with van der Waals surface area (Å²) >= 11 is 7.48. The van der Waals surface area contributed by atoms with Crippen LogP contribution >= 0.6 is 23.4 Å². The van der Waals surface area contributed by atoms with Crippen molar-refractivity contribution in [1.29, 1.82) is 0 Å². The van der Waals surface area contributed by atoms with Crippen molar-refractivity contribution < 1.29 is 19.1 Å². The number of benzene rings is 2. The van der Waals surface area contributed by atoms with Crippen LogP contribution in [0.1, 0.15) is 19.4 Å². The average molecular weight is 418 g/mol. The van der Waals surface area contributed by atoms with E-state index in [4.69, 9.17) is 21.1 Å². The van der Waals surface area contributed by atoms with Gasteiger partial charge in [-0.05, 0) is 35.9 Å². The van der Waals surface area contributed by atoms with E-state index in [1.807, 2.05) is 13.8 Å². The fraction of sp³-hybridized carbons (Fsp3) is 0.238. The van der Waals surface area contributed by atoms with Crippen molar-refractivity contribution in [2.45, 2.75) is 19.1 Å². The largest absolute Gasteiger partial charge is 0.497 e. The van der Waals surface area contributed by atoms with E-state index >= 15 is 0 Å². The zero-order valence-electron chi connectivity index (χ0n) is 16.0. The predicted octanol–water partition coefficient (Wildman–Crippen LogP) is 4.78. The molecule has 7 heteroatoms. The lowest BCUT2D eigenvalue weighted by atomic mass is 10.1. The first kappa shape index (κ1) is 20.3. The number of halogens is 1. The van der Waals surface area contributed by atoms with E-state index < -0.39 is 5.91 Å². The lowest BCUT2D eigenvalue weighted by Crippen LogP contribution is -2.31. The summed E-state index contributed by atoms with van der Waals surface area (Å²) in [4.78, 5) is 28.1. The Morgan fingerprint density at radius 3 is 2.21 bits per heavy atom.